The van der Waals surface area contributed by atoms with Crippen LogP contribution in [0.15, 0.2) is 18.2 Å². The van der Waals surface area contributed by atoms with Crippen LogP contribution in [0.4, 0.5) is 0 Å². The monoisotopic (exact) mass is 179 g/mol. The second-order valence-electron chi connectivity index (χ2n) is 3.01. The molecule has 3 N–H and O–H groups in total. The number of carboxylic acid groups (broad SMARTS) is 1. The van der Waals surface area contributed by atoms with E-state index in [-0.39, 0.29) is 17.4 Å². The van der Waals surface area contributed by atoms with Crippen LogP contribution in [0, 0.1) is 0 Å². The Morgan fingerprint density at radius 2 is 2.23 bits per heavy atom. The lowest BCUT2D eigenvalue weighted by Gasteiger charge is -2.04. The normalized spacial score (nSPS) is 19.8. The lowest BCUT2D eigenvalue weighted by molar-refractivity contribution is 0.0693. The van der Waals surface area contributed by atoms with Gasteiger partial charge in [0, 0.05) is 18.2 Å². The fourth-order valence-electron chi connectivity index (χ4n) is 1.29. The third-order valence-corrected chi connectivity index (χ3v) is 2.08. The second-order valence-corrected chi connectivity index (χ2v) is 3.01. The molecule has 1 atom stereocenters. The molecule has 0 bridgehead atoms. The van der Waals surface area contributed by atoms with Gasteiger partial charge in [0.15, 0.2) is 0 Å². The SMILES string of the molecule is O=C(O)c1cccc([C@H]2CN2)c1O. The summed E-state index contributed by atoms with van der Waals surface area (Å²) in [5.41, 5.74) is 0.631. The summed E-state index contributed by atoms with van der Waals surface area (Å²) in [6, 6.07) is 4.88. The molecule has 0 aliphatic carbocycles. The van der Waals surface area contributed by atoms with Crippen LogP contribution in [0.3, 0.4) is 0 Å². The Hall–Kier alpha value is -1.55. The highest BCUT2D eigenvalue weighted by molar-refractivity contribution is 5.91. The van der Waals surface area contributed by atoms with E-state index in [2.05, 4.69) is 5.32 Å². The molecule has 1 aromatic rings. The van der Waals surface area contributed by atoms with E-state index >= 15 is 0 Å². The standard InChI is InChI=1S/C9H9NO3/c11-8-5(7-4-10-7)2-1-3-6(8)9(12)13/h1-3,7,10-11H,4H2,(H,12,13)/t7-/m1/s1. The van der Waals surface area contributed by atoms with Crippen LogP contribution in [0.25, 0.3) is 0 Å². The number of nitrogens with one attached hydrogen (secondary N) is 1. The van der Waals surface area contributed by atoms with Gasteiger partial charge >= 0.3 is 5.97 Å². The second kappa shape index (κ2) is 2.74. The van der Waals surface area contributed by atoms with Crippen molar-refractivity contribution in [2.24, 2.45) is 0 Å². The molecule has 68 valence electrons. The highest BCUT2D eigenvalue weighted by atomic mass is 16.4. The van der Waals surface area contributed by atoms with E-state index in [0.29, 0.717) is 5.56 Å². The van der Waals surface area contributed by atoms with Crippen LogP contribution in [0.2, 0.25) is 0 Å². The molecular formula is C9H9NO3. The van der Waals surface area contributed by atoms with Crippen LogP contribution in [0.1, 0.15) is 22.0 Å². The maximum absolute atomic E-state index is 10.6. The van der Waals surface area contributed by atoms with Gasteiger partial charge in [-0.1, -0.05) is 12.1 Å². The maximum Gasteiger partial charge on any atom is 0.339 e. The van der Waals surface area contributed by atoms with Crippen molar-refractivity contribution in [1.29, 1.82) is 0 Å². The number of benzene rings is 1. The zero-order valence-electron chi connectivity index (χ0n) is 6.82. The van der Waals surface area contributed by atoms with E-state index in [0.717, 1.165) is 6.54 Å². The van der Waals surface area contributed by atoms with E-state index in [1.165, 1.54) is 6.07 Å². The number of aromatic carboxylic acids is 1. The van der Waals surface area contributed by atoms with Gasteiger partial charge in [-0.05, 0) is 6.07 Å². The average Bonchev–Trinajstić information content (AvgIpc) is 2.87. The Morgan fingerprint density at radius 3 is 2.77 bits per heavy atom. The molecule has 0 saturated carbocycles. The Morgan fingerprint density at radius 1 is 1.54 bits per heavy atom. The molecule has 13 heavy (non-hydrogen) atoms. The van der Waals surface area contributed by atoms with Gasteiger partial charge in [-0.2, -0.15) is 0 Å². The van der Waals surface area contributed by atoms with E-state index in [9.17, 15) is 9.90 Å². The van der Waals surface area contributed by atoms with Crippen molar-refractivity contribution in [2.45, 2.75) is 6.04 Å². The van der Waals surface area contributed by atoms with Crippen LogP contribution in [0.5, 0.6) is 5.75 Å². The van der Waals surface area contributed by atoms with Crippen LogP contribution >= 0.6 is 0 Å². The summed E-state index contributed by atoms with van der Waals surface area (Å²) < 4.78 is 0. The first kappa shape index (κ1) is 8.07. The minimum Gasteiger partial charge on any atom is -0.507 e. The highest BCUT2D eigenvalue weighted by Gasteiger charge is 2.27. The Labute approximate surface area is 74.8 Å². The van der Waals surface area contributed by atoms with Crippen molar-refractivity contribution >= 4 is 5.97 Å². The first-order chi connectivity index (χ1) is 6.20. The van der Waals surface area contributed by atoms with Crippen molar-refractivity contribution < 1.29 is 15.0 Å². The Balaban J connectivity index is 2.47. The molecule has 0 radical (unpaired) electrons. The van der Waals surface area contributed by atoms with Gasteiger partial charge in [0.05, 0.1) is 0 Å². The molecule has 1 heterocycles. The first-order valence-electron chi connectivity index (χ1n) is 3.98. The number of rotatable bonds is 2. The summed E-state index contributed by atoms with van der Waals surface area (Å²) in [6.07, 6.45) is 0. The highest BCUT2D eigenvalue weighted by Crippen LogP contribution is 2.32. The zero-order valence-corrected chi connectivity index (χ0v) is 6.82. The molecule has 1 aromatic carbocycles. The van der Waals surface area contributed by atoms with E-state index in [4.69, 9.17) is 5.11 Å². The van der Waals surface area contributed by atoms with Gasteiger partial charge in [0.25, 0.3) is 0 Å². The molecule has 0 unspecified atom stereocenters. The molecule has 0 aromatic heterocycles. The van der Waals surface area contributed by atoms with Crippen molar-refractivity contribution in [2.75, 3.05) is 6.54 Å². The van der Waals surface area contributed by atoms with Crippen molar-refractivity contribution in [3.8, 4) is 5.75 Å². The van der Waals surface area contributed by atoms with E-state index in [1.54, 1.807) is 12.1 Å². The molecule has 1 saturated heterocycles. The summed E-state index contributed by atoms with van der Waals surface area (Å²) in [7, 11) is 0. The number of aromatic hydroxyl groups is 1. The van der Waals surface area contributed by atoms with E-state index in [1.807, 2.05) is 0 Å². The zero-order chi connectivity index (χ0) is 9.42. The predicted molar refractivity (Wildman–Crippen MR) is 45.8 cm³/mol. The van der Waals surface area contributed by atoms with Crippen LogP contribution in [-0.4, -0.2) is 22.7 Å². The summed E-state index contributed by atoms with van der Waals surface area (Å²) in [5, 5.41) is 21.3. The summed E-state index contributed by atoms with van der Waals surface area (Å²) in [4.78, 5) is 10.6. The number of para-hydroxylation sites is 1. The Bertz CT molecular complexity index is 358. The molecule has 1 aliphatic rings. The van der Waals surface area contributed by atoms with Gasteiger partial charge in [-0.15, -0.1) is 0 Å². The molecule has 4 nitrogen and oxygen atoms in total. The summed E-state index contributed by atoms with van der Waals surface area (Å²) in [6.45, 7) is 0.802. The number of hydrogen-bond acceptors (Lipinski definition) is 3. The molecule has 1 aliphatic heterocycles. The lowest BCUT2D eigenvalue weighted by atomic mass is 10.1. The summed E-state index contributed by atoms with van der Waals surface area (Å²) >= 11 is 0. The molecule has 1 fully saturated rings. The number of phenols is 1. The molecule has 2 rings (SSSR count). The Kier molecular flexibility index (Phi) is 1.70. The maximum atomic E-state index is 10.6. The quantitative estimate of drug-likeness (QED) is 0.585. The fraction of sp³-hybridized carbons (Fsp3) is 0.222. The van der Waals surface area contributed by atoms with Gasteiger partial charge in [0.2, 0.25) is 0 Å². The minimum absolute atomic E-state index is 0.0359. The van der Waals surface area contributed by atoms with Crippen molar-refractivity contribution in [3.05, 3.63) is 29.3 Å². The van der Waals surface area contributed by atoms with Gasteiger partial charge in [-0.3, -0.25) is 0 Å². The van der Waals surface area contributed by atoms with Crippen LogP contribution < -0.4 is 5.32 Å². The number of carbonyl (C=O) groups is 1. The minimum atomic E-state index is -1.10. The van der Waals surface area contributed by atoms with Gasteiger partial charge in [0.1, 0.15) is 11.3 Å². The lowest BCUT2D eigenvalue weighted by Crippen LogP contribution is -1.98. The smallest absolute Gasteiger partial charge is 0.339 e. The average molecular weight is 179 g/mol. The molecule has 0 spiro atoms. The van der Waals surface area contributed by atoms with Gasteiger partial charge in [-0.25, -0.2) is 4.79 Å². The number of hydrogen-bond donors (Lipinski definition) is 3. The predicted octanol–water partition coefficient (Wildman–Crippen LogP) is 0.735. The molecule has 4 heteroatoms. The largest absolute Gasteiger partial charge is 0.507 e. The molecule has 0 amide bonds. The molecular weight excluding hydrogens is 170 g/mol. The summed E-state index contributed by atoms with van der Waals surface area (Å²) in [5.74, 6) is -1.22. The topological polar surface area (TPSA) is 79.5 Å². The first-order valence-corrected chi connectivity index (χ1v) is 3.98. The van der Waals surface area contributed by atoms with Gasteiger partial charge < -0.3 is 15.5 Å². The third-order valence-electron chi connectivity index (χ3n) is 2.08. The van der Waals surface area contributed by atoms with Crippen molar-refractivity contribution in [1.82, 2.24) is 5.32 Å². The number of carboxylic acids is 1. The fourth-order valence-corrected chi connectivity index (χ4v) is 1.29. The van der Waals surface area contributed by atoms with Crippen LogP contribution in [-0.2, 0) is 0 Å². The van der Waals surface area contributed by atoms with Crippen molar-refractivity contribution in [3.63, 3.8) is 0 Å². The third kappa shape index (κ3) is 1.36. The van der Waals surface area contributed by atoms with E-state index < -0.39 is 5.97 Å².